The molecule has 138 valence electrons. The van der Waals surface area contributed by atoms with E-state index in [9.17, 15) is 0 Å². The van der Waals surface area contributed by atoms with Gasteiger partial charge in [-0.2, -0.15) is 2.79 Å². The van der Waals surface area contributed by atoms with Gasteiger partial charge in [0.25, 0.3) is 0 Å². The summed E-state index contributed by atoms with van der Waals surface area (Å²) in [4.78, 5) is 2.21. The van der Waals surface area contributed by atoms with E-state index in [0.717, 1.165) is 19.3 Å². The maximum absolute atomic E-state index is 2.34. The van der Waals surface area contributed by atoms with Crippen molar-refractivity contribution in [3.05, 3.63) is 77.0 Å². The Labute approximate surface area is 172 Å². The van der Waals surface area contributed by atoms with Gasteiger partial charge in [-0.05, 0) is 48.1 Å². The monoisotopic (exact) mass is 461 g/mol. The molecule has 0 aromatic heterocycles. The standard InChI is InChI=1S/C23H30IN2/c1-6-21(26(5)24)15-12-18(2)23(19-10-8-7-9-11-19)20-13-16-22(17-14-20)25(3)4/h7-13,15-16H,6,14,17H2,1-5H3/q+1. The molecule has 1 aromatic rings. The molecular formula is C23H30IN2+. The third-order valence-corrected chi connectivity index (χ3v) is 5.38. The Morgan fingerprint density at radius 2 is 1.81 bits per heavy atom. The van der Waals surface area contributed by atoms with Crippen molar-refractivity contribution in [1.82, 2.24) is 4.90 Å². The lowest BCUT2D eigenvalue weighted by atomic mass is 9.87. The molecule has 0 spiro atoms. The van der Waals surface area contributed by atoms with E-state index >= 15 is 0 Å². The number of hydrogen-bond donors (Lipinski definition) is 0. The van der Waals surface area contributed by atoms with Gasteiger partial charge in [0.2, 0.25) is 0 Å². The molecule has 0 saturated heterocycles. The van der Waals surface area contributed by atoms with E-state index in [0.29, 0.717) is 0 Å². The third kappa shape index (κ3) is 5.44. The van der Waals surface area contributed by atoms with Gasteiger partial charge in [-0.1, -0.05) is 49.4 Å². The van der Waals surface area contributed by atoms with Crippen molar-refractivity contribution in [2.45, 2.75) is 33.1 Å². The van der Waals surface area contributed by atoms with Gasteiger partial charge in [0, 0.05) is 32.3 Å². The van der Waals surface area contributed by atoms with Crippen LogP contribution < -0.4 is 0 Å². The van der Waals surface area contributed by atoms with Gasteiger partial charge in [-0.25, -0.2) is 0 Å². The van der Waals surface area contributed by atoms with Crippen LogP contribution >= 0.6 is 22.9 Å². The van der Waals surface area contributed by atoms with Crippen LogP contribution in [-0.4, -0.2) is 34.5 Å². The Morgan fingerprint density at radius 1 is 1.12 bits per heavy atom. The quantitative estimate of drug-likeness (QED) is 0.217. The molecule has 1 aliphatic carbocycles. The lowest BCUT2D eigenvalue weighted by molar-refractivity contribution is -0.252. The molecule has 1 aromatic carbocycles. The van der Waals surface area contributed by atoms with Crippen LogP contribution in [0.1, 0.15) is 38.7 Å². The predicted molar refractivity (Wildman–Crippen MR) is 123 cm³/mol. The van der Waals surface area contributed by atoms with Crippen LogP contribution in [0.3, 0.4) is 0 Å². The van der Waals surface area contributed by atoms with Crippen molar-refractivity contribution >= 4 is 34.1 Å². The van der Waals surface area contributed by atoms with E-state index in [1.807, 2.05) is 0 Å². The number of nitrogens with zero attached hydrogens (tertiary/aromatic N) is 2. The summed E-state index contributed by atoms with van der Waals surface area (Å²) >= 11 is 2.34. The first kappa shape index (κ1) is 20.7. The van der Waals surface area contributed by atoms with E-state index in [1.165, 1.54) is 33.7 Å². The Morgan fingerprint density at radius 3 is 2.31 bits per heavy atom. The summed E-state index contributed by atoms with van der Waals surface area (Å²) < 4.78 is 2.16. The second kappa shape index (κ2) is 9.91. The zero-order chi connectivity index (χ0) is 19.1. The molecule has 0 bridgehead atoms. The van der Waals surface area contributed by atoms with Gasteiger partial charge in [-0.15, -0.1) is 0 Å². The summed E-state index contributed by atoms with van der Waals surface area (Å²) in [7, 11) is 6.34. The molecule has 2 nitrogen and oxygen atoms in total. The van der Waals surface area contributed by atoms with Gasteiger partial charge in [0.05, 0.1) is 0 Å². The zero-order valence-electron chi connectivity index (χ0n) is 16.6. The molecule has 1 aliphatic rings. The molecule has 0 unspecified atom stereocenters. The molecule has 0 N–H and O–H groups in total. The van der Waals surface area contributed by atoms with Crippen molar-refractivity contribution in [3.63, 3.8) is 0 Å². The number of benzene rings is 1. The van der Waals surface area contributed by atoms with E-state index in [1.54, 1.807) is 0 Å². The normalized spacial score (nSPS) is 16.7. The fourth-order valence-corrected chi connectivity index (χ4v) is 3.72. The van der Waals surface area contributed by atoms with Crippen LogP contribution in [0.4, 0.5) is 0 Å². The van der Waals surface area contributed by atoms with Crippen molar-refractivity contribution < 1.29 is 2.79 Å². The topological polar surface area (TPSA) is 6.25 Å². The molecule has 0 atom stereocenters. The Bertz CT molecular complexity index is 774. The first-order valence-corrected chi connectivity index (χ1v) is 10.2. The average Bonchev–Trinajstić information content (AvgIpc) is 2.63. The minimum absolute atomic E-state index is 1.03. The highest BCUT2D eigenvalue weighted by molar-refractivity contribution is 14.1. The number of allylic oxidation sites excluding steroid dienone is 8. The van der Waals surface area contributed by atoms with Crippen LogP contribution in [0.15, 0.2) is 71.5 Å². The second-order valence-corrected chi connectivity index (χ2v) is 8.27. The minimum Gasteiger partial charge on any atom is -0.381 e. The maximum atomic E-state index is 2.34. The minimum atomic E-state index is 1.03. The van der Waals surface area contributed by atoms with Crippen LogP contribution in [-0.2, 0) is 0 Å². The van der Waals surface area contributed by atoms with Crippen molar-refractivity contribution in [1.29, 1.82) is 0 Å². The van der Waals surface area contributed by atoms with Crippen LogP contribution in [0.5, 0.6) is 0 Å². The van der Waals surface area contributed by atoms with Gasteiger partial charge >= 0.3 is 22.9 Å². The number of hydrogen-bond acceptors (Lipinski definition) is 1. The van der Waals surface area contributed by atoms with Crippen molar-refractivity contribution in [2.75, 3.05) is 21.1 Å². The fourth-order valence-electron chi connectivity index (χ4n) is 3.22. The smallest absolute Gasteiger partial charge is 0.347 e. The molecule has 0 fully saturated rings. The van der Waals surface area contributed by atoms with Crippen molar-refractivity contribution in [2.24, 2.45) is 0 Å². The highest BCUT2D eigenvalue weighted by Gasteiger charge is 2.15. The van der Waals surface area contributed by atoms with Gasteiger partial charge < -0.3 is 4.90 Å². The van der Waals surface area contributed by atoms with E-state index in [-0.39, 0.29) is 0 Å². The first-order chi connectivity index (χ1) is 12.4. The van der Waals surface area contributed by atoms with Crippen molar-refractivity contribution in [3.8, 4) is 0 Å². The third-order valence-electron chi connectivity index (χ3n) is 4.76. The van der Waals surface area contributed by atoms with E-state index in [2.05, 4.69) is 120 Å². The molecule has 0 radical (unpaired) electrons. The maximum Gasteiger partial charge on any atom is 0.347 e. The first-order valence-electron chi connectivity index (χ1n) is 9.21. The Hall–Kier alpha value is -1.62. The summed E-state index contributed by atoms with van der Waals surface area (Å²) in [5.41, 5.74) is 8.11. The SMILES string of the molecule is CCC(/C=C\C(C)=C(\C1=CC=C(N(C)C)CC1)c1ccccc1)=[N+](/C)I. The lowest BCUT2D eigenvalue weighted by Crippen LogP contribution is -2.13. The Kier molecular flexibility index (Phi) is 7.88. The molecule has 0 heterocycles. The molecule has 3 heteroatoms. The van der Waals surface area contributed by atoms with Crippen LogP contribution in [0.25, 0.3) is 5.57 Å². The summed E-state index contributed by atoms with van der Waals surface area (Å²) in [5.74, 6) is 0. The Balaban J connectivity index is 2.49. The van der Waals surface area contributed by atoms with Gasteiger partial charge in [0.1, 0.15) is 7.05 Å². The number of halogens is 1. The zero-order valence-corrected chi connectivity index (χ0v) is 18.7. The molecule has 0 aliphatic heterocycles. The molecule has 26 heavy (non-hydrogen) atoms. The van der Waals surface area contributed by atoms with E-state index < -0.39 is 0 Å². The molecule has 0 amide bonds. The van der Waals surface area contributed by atoms with Gasteiger partial charge in [-0.3, -0.25) is 0 Å². The largest absolute Gasteiger partial charge is 0.381 e. The molecular weight excluding hydrogens is 431 g/mol. The van der Waals surface area contributed by atoms with Crippen LogP contribution in [0.2, 0.25) is 0 Å². The molecule has 2 rings (SSSR count). The highest BCUT2D eigenvalue weighted by Crippen LogP contribution is 2.34. The van der Waals surface area contributed by atoms with Crippen LogP contribution in [0, 0.1) is 0 Å². The van der Waals surface area contributed by atoms with E-state index in [4.69, 9.17) is 0 Å². The average molecular weight is 461 g/mol. The summed E-state index contributed by atoms with van der Waals surface area (Å²) in [6, 6.07) is 10.8. The summed E-state index contributed by atoms with van der Waals surface area (Å²) in [5, 5.41) is 0. The van der Waals surface area contributed by atoms with Gasteiger partial charge in [0.15, 0.2) is 5.71 Å². The number of rotatable bonds is 6. The summed E-state index contributed by atoms with van der Waals surface area (Å²) in [6.07, 6.45) is 12.3. The predicted octanol–water partition coefficient (Wildman–Crippen LogP) is 6.03. The summed E-state index contributed by atoms with van der Waals surface area (Å²) in [6.45, 7) is 4.43. The molecule has 0 saturated carbocycles. The lowest BCUT2D eigenvalue weighted by Gasteiger charge is -2.23. The second-order valence-electron chi connectivity index (χ2n) is 6.82. The fraction of sp³-hybridized carbons (Fsp3) is 0.348. The highest BCUT2D eigenvalue weighted by atomic mass is 127.